The number of carboxylic acid groups (broad SMARTS) is 1. The van der Waals surface area contributed by atoms with Crippen molar-refractivity contribution in [1.29, 1.82) is 0 Å². The summed E-state index contributed by atoms with van der Waals surface area (Å²) in [5, 5.41) is 21.1. The molecule has 2 aliphatic rings. The third-order valence-corrected chi connectivity index (χ3v) is 3.24. The van der Waals surface area contributed by atoms with Gasteiger partial charge in [0.05, 0.1) is 6.10 Å². The minimum absolute atomic E-state index is 0.101. The molecule has 2 fully saturated rings. The average Bonchev–Trinajstić information content (AvgIpc) is 2.74. The molecule has 1 aliphatic heterocycles. The Balaban J connectivity index is 1.95. The van der Waals surface area contributed by atoms with Gasteiger partial charge in [0.2, 0.25) is 0 Å². The number of carboxylic acids is 1. The van der Waals surface area contributed by atoms with Gasteiger partial charge in [0.15, 0.2) is 0 Å². The maximum atomic E-state index is 11.7. The van der Waals surface area contributed by atoms with Crippen LogP contribution in [0, 0.1) is 5.92 Å². The van der Waals surface area contributed by atoms with Crippen LogP contribution in [0.2, 0.25) is 0 Å². The van der Waals surface area contributed by atoms with Crippen molar-refractivity contribution in [2.75, 3.05) is 6.54 Å². The highest BCUT2D eigenvalue weighted by Gasteiger charge is 2.41. The lowest BCUT2D eigenvalue weighted by atomic mass is 10.2. The second kappa shape index (κ2) is 3.93. The number of aliphatic hydroxyl groups excluding tert-OH is 1. The quantitative estimate of drug-likeness (QED) is 0.601. The number of carbonyl (C=O) groups excluding carboxylic acids is 1. The third kappa shape index (κ3) is 2.11. The first-order valence-corrected chi connectivity index (χ1v) is 5.47. The number of rotatable bonds is 2. The maximum absolute atomic E-state index is 11.7. The van der Waals surface area contributed by atoms with Crippen molar-refractivity contribution in [3.8, 4) is 0 Å². The van der Waals surface area contributed by atoms with Gasteiger partial charge in [0, 0.05) is 19.0 Å². The van der Waals surface area contributed by atoms with Crippen LogP contribution in [0.1, 0.15) is 19.8 Å². The summed E-state index contributed by atoms with van der Waals surface area (Å²) in [7, 11) is 0. The van der Waals surface area contributed by atoms with Crippen LogP contribution < -0.4 is 5.32 Å². The van der Waals surface area contributed by atoms with Crippen molar-refractivity contribution in [3.05, 3.63) is 0 Å². The highest BCUT2D eigenvalue weighted by atomic mass is 16.4. The van der Waals surface area contributed by atoms with Crippen molar-refractivity contribution in [2.24, 2.45) is 5.92 Å². The smallest absolute Gasteiger partial charge is 0.326 e. The van der Waals surface area contributed by atoms with Crippen LogP contribution in [-0.2, 0) is 4.79 Å². The molecule has 1 saturated carbocycles. The lowest BCUT2D eigenvalue weighted by Crippen LogP contribution is -2.47. The van der Waals surface area contributed by atoms with Crippen molar-refractivity contribution in [2.45, 2.75) is 38.0 Å². The molecular formula is C10H16N2O4. The second-order valence-corrected chi connectivity index (χ2v) is 4.66. The number of nitrogens with zero attached hydrogens (tertiary/aromatic N) is 1. The Hall–Kier alpha value is -1.30. The number of nitrogens with one attached hydrogen (secondary N) is 1. The number of amides is 2. The van der Waals surface area contributed by atoms with Crippen LogP contribution in [0.25, 0.3) is 0 Å². The first-order chi connectivity index (χ1) is 7.49. The van der Waals surface area contributed by atoms with Gasteiger partial charge in [-0.1, -0.05) is 6.92 Å². The summed E-state index contributed by atoms with van der Waals surface area (Å²) < 4.78 is 0. The van der Waals surface area contributed by atoms with Gasteiger partial charge in [-0.3, -0.25) is 0 Å². The normalized spacial score (nSPS) is 37.2. The monoisotopic (exact) mass is 228 g/mol. The molecule has 16 heavy (non-hydrogen) atoms. The number of carbonyl (C=O) groups is 2. The van der Waals surface area contributed by atoms with E-state index in [-0.39, 0.29) is 25.0 Å². The van der Waals surface area contributed by atoms with Gasteiger partial charge in [-0.15, -0.1) is 0 Å². The molecule has 3 N–H and O–H groups in total. The standard InChI is InChI=1S/C10H16N2O4/c1-5-2-7(5)11-10(16)12-4-6(13)3-8(12)9(14)15/h5-8,13H,2-4H2,1H3,(H,11,16)(H,14,15)/t5?,6-,7?,8-/m1/s1. The molecule has 0 aromatic rings. The first kappa shape index (κ1) is 11.2. The number of aliphatic carboxylic acids is 1. The van der Waals surface area contributed by atoms with E-state index in [4.69, 9.17) is 5.11 Å². The highest BCUT2D eigenvalue weighted by molar-refractivity contribution is 5.83. The Bertz CT molecular complexity index is 320. The summed E-state index contributed by atoms with van der Waals surface area (Å²) in [6.07, 6.45) is 0.325. The van der Waals surface area contributed by atoms with Crippen LogP contribution >= 0.6 is 0 Å². The Morgan fingerprint density at radius 1 is 1.38 bits per heavy atom. The predicted molar refractivity (Wildman–Crippen MR) is 54.9 cm³/mol. The van der Waals surface area contributed by atoms with Gasteiger partial charge in [0.25, 0.3) is 0 Å². The Morgan fingerprint density at radius 3 is 2.50 bits per heavy atom. The Labute approximate surface area is 93.2 Å². The molecule has 0 radical (unpaired) electrons. The van der Waals surface area contributed by atoms with Crippen LogP contribution in [0.4, 0.5) is 4.79 Å². The first-order valence-electron chi connectivity index (χ1n) is 5.47. The molecule has 1 heterocycles. The minimum atomic E-state index is -1.06. The van der Waals surface area contributed by atoms with Crippen molar-refractivity contribution >= 4 is 12.0 Å². The Morgan fingerprint density at radius 2 is 2.00 bits per heavy atom. The summed E-state index contributed by atoms with van der Waals surface area (Å²) in [4.78, 5) is 23.8. The van der Waals surface area contributed by atoms with Gasteiger partial charge in [-0.25, -0.2) is 9.59 Å². The fourth-order valence-corrected chi connectivity index (χ4v) is 2.04. The van der Waals surface area contributed by atoms with Crippen molar-refractivity contribution in [1.82, 2.24) is 10.2 Å². The number of hydrogen-bond donors (Lipinski definition) is 3. The van der Waals surface area contributed by atoms with E-state index in [0.717, 1.165) is 6.42 Å². The van der Waals surface area contributed by atoms with E-state index in [9.17, 15) is 14.7 Å². The molecule has 2 unspecified atom stereocenters. The summed E-state index contributed by atoms with van der Waals surface area (Å²) in [5.74, 6) is -0.588. The van der Waals surface area contributed by atoms with Gasteiger partial charge in [-0.05, 0) is 12.3 Å². The Kier molecular flexibility index (Phi) is 2.75. The number of likely N-dealkylation sites (tertiary alicyclic amines) is 1. The SMILES string of the molecule is CC1CC1NC(=O)N1C[C@H](O)C[C@@H]1C(=O)O. The molecule has 1 aliphatic carbocycles. The molecule has 0 bridgehead atoms. The summed E-state index contributed by atoms with van der Waals surface area (Å²) in [6.45, 7) is 2.13. The zero-order chi connectivity index (χ0) is 11.9. The van der Waals surface area contributed by atoms with Crippen molar-refractivity contribution < 1.29 is 19.8 Å². The van der Waals surface area contributed by atoms with E-state index in [1.807, 2.05) is 6.92 Å². The predicted octanol–water partition coefficient (Wildman–Crippen LogP) is -0.376. The molecule has 1 saturated heterocycles. The largest absolute Gasteiger partial charge is 0.480 e. The van der Waals surface area contributed by atoms with E-state index in [1.54, 1.807) is 0 Å². The third-order valence-electron chi connectivity index (χ3n) is 3.24. The van der Waals surface area contributed by atoms with Crippen LogP contribution in [-0.4, -0.2) is 51.8 Å². The number of aliphatic hydroxyl groups is 1. The molecule has 2 amide bonds. The molecule has 0 aromatic carbocycles. The molecule has 0 spiro atoms. The molecule has 0 aromatic heterocycles. The molecule has 6 heteroatoms. The van der Waals surface area contributed by atoms with E-state index in [1.165, 1.54) is 4.90 Å². The number of β-amino-alcohol motifs (C(OH)–C–C–N with tert-alkyl or cyclic N) is 1. The van der Waals surface area contributed by atoms with E-state index >= 15 is 0 Å². The van der Waals surface area contributed by atoms with Gasteiger partial charge in [-0.2, -0.15) is 0 Å². The number of hydrogen-bond acceptors (Lipinski definition) is 3. The zero-order valence-corrected chi connectivity index (χ0v) is 9.09. The van der Waals surface area contributed by atoms with Gasteiger partial charge >= 0.3 is 12.0 Å². The molecule has 90 valence electrons. The maximum Gasteiger partial charge on any atom is 0.326 e. The summed E-state index contributed by atoms with van der Waals surface area (Å²) in [6, 6.07) is -1.11. The van der Waals surface area contributed by atoms with E-state index in [2.05, 4.69) is 5.32 Å². The molecule has 2 rings (SSSR count). The summed E-state index contributed by atoms with van der Waals surface area (Å²) in [5.41, 5.74) is 0. The minimum Gasteiger partial charge on any atom is -0.480 e. The van der Waals surface area contributed by atoms with Gasteiger partial charge in [0.1, 0.15) is 6.04 Å². The van der Waals surface area contributed by atoms with E-state index in [0.29, 0.717) is 5.92 Å². The van der Waals surface area contributed by atoms with Crippen LogP contribution in [0.5, 0.6) is 0 Å². The van der Waals surface area contributed by atoms with Crippen molar-refractivity contribution in [3.63, 3.8) is 0 Å². The zero-order valence-electron chi connectivity index (χ0n) is 9.09. The lowest BCUT2D eigenvalue weighted by molar-refractivity contribution is -0.141. The molecule has 6 nitrogen and oxygen atoms in total. The molecule has 4 atom stereocenters. The lowest BCUT2D eigenvalue weighted by Gasteiger charge is -2.21. The fourth-order valence-electron chi connectivity index (χ4n) is 2.04. The van der Waals surface area contributed by atoms with Crippen LogP contribution in [0.3, 0.4) is 0 Å². The van der Waals surface area contributed by atoms with E-state index < -0.39 is 18.1 Å². The second-order valence-electron chi connectivity index (χ2n) is 4.66. The highest BCUT2D eigenvalue weighted by Crippen LogP contribution is 2.29. The molecular weight excluding hydrogens is 212 g/mol. The average molecular weight is 228 g/mol. The summed E-state index contributed by atoms with van der Waals surface area (Å²) >= 11 is 0. The van der Waals surface area contributed by atoms with Crippen LogP contribution in [0.15, 0.2) is 0 Å². The topological polar surface area (TPSA) is 89.9 Å². The fraction of sp³-hybridized carbons (Fsp3) is 0.800. The van der Waals surface area contributed by atoms with Gasteiger partial charge < -0.3 is 20.4 Å². The number of urea groups is 1.